The maximum Gasteiger partial charge on any atom is 0.238 e. The third-order valence-electron chi connectivity index (χ3n) is 1.57. The number of alkyl halides is 1. The van der Waals surface area contributed by atoms with Crippen LogP contribution in [0.2, 0.25) is 0 Å². The number of nitrogens with two attached hydrogens (primary N) is 1. The number of hydrogen-bond donors (Lipinski definition) is 1. The monoisotopic (exact) mass is 297 g/mol. The van der Waals surface area contributed by atoms with Crippen LogP contribution in [0.1, 0.15) is 0 Å². The Bertz CT molecular complexity index is 449. The van der Waals surface area contributed by atoms with Gasteiger partial charge in [-0.05, 0) is 34.1 Å². The minimum atomic E-state index is -3.72. The molecule has 0 saturated heterocycles. The van der Waals surface area contributed by atoms with Gasteiger partial charge in [-0.1, -0.05) is 0 Å². The van der Waals surface area contributed by atoms with Crippen molar-refractivity contribution in [2.45, 2.75) is 4.90 Å². The van der Waals surface area contributed by atoms with Crippen LogP contribution in [0.5, 0.6) is 5.75 Å². The molecule has 15 heavy (non-hydrogen) atoms. The first kappa shape index (κ1) is 12.4. The summed E-state index contributed by atoms with van der Waals surface area (Å²) in [7, 11) is -3.72. The molecule has 1 rings (SSSR count). The standard InChI is InChI=1S/C8H9BrFNO3S/c9-7-5-6(15(11,12)13)1-2-8(7)14-4-3-10/h1-2,5H,3-4H2,(H2,11,12,13). The Labute approximate surface area is 95.4 Å². The van der Waals surface area contributed by atoms with Gasteiger partial charge in [0.1, 0.15) is 19.0 Å². The van der Waals surface area contributed by atoms with Gasteiger partial charge < -0.3 is 4.74 Å². The largest absolute Gasteiger partial charge is 0.490 e. The van der Waals surface area contributed by atoms with Crippen molar-refractivity contribution in [2.75, 3.05) is 13.3 Å². The molecule has 7 heteroatoms. The zero-order chi connectivity index (χ0) is 11.5. The van der Waals surface area contributed by atoms with E-state index in [9.17, 15) is 12.8 Å². The Morgan fingerprint density at radius 3 is 2.60 bits per heavy atom. The molecule has 2 N–H and O–H groups in total. The second-order valence-electron chi connectivity index (χ2n) is 2.67. The molecule has 4 nitrogen and oxygen atoms in total. The predicted molar refractivity (Wildman–Crippen MR) is 57.0 cm³/mol. The van der Waals surface area contributed by atoms with Crippen LogP contribution in [0.4, 0.5) is 4.39 Å². The molecular weight excluding hydrogens is 289 g/mol. The smallest absolute Gasteiger partial charge is 0.238 e. The molecule has 0 aromatic heterocycles. The summed E-state index contributed by atoms with van der Waals surface area (Å²) >= 11 is 3.10. The number of hydrogen-bond acceptors (Lipinski definition) is 3. The third kappa shape index (κ3) is 3.44. The van der Waals surface area contributed by atoms with Gasteiger partial charge in [0.15, 0.2) is 0 Å². The average molecular weight is 298 g/mol. The fraction of sp³-hybridized carbons (Fsp3) is 0.250. The minimum Gasteiger partial charge on any atom is -0.490 e. The molecule has 0 atom stereocenters. The van der Waals surface area contributed by atoms with Crippen molar-refractivity contribution in [3.05, 3.63) is 22.7 Å². The summed E-state index contributed by atoms with van der Waals surface area (Å²) in [5.41, 5.74) is 0. The van der Waals surface area contributed by atoms with Gasteiger partial charge in [0.05, 0.1) is 9.37 Å². The number of ether oxygens (including phenoxy) is 1. The van der Waals surface area contributed by atoms with Crippen molar-refractivity contribution in [1.29, 1.82) is 0 Å². The fourth-order valence-electron chi connectivity index (χ4n) is 0.924. The van der Waals surface area contributed by atoms with Gasteiger partial charge in [-0.15, -0.1) is 0 Å². The SMILES string of the molecule is NS(=O)(=O)c1ccc(OCCF)c(Br)c1. The molecule has 84 valence electrons. The number of halogens is 2. The summed E-state index contributed by atoms with van der Waals surface area (Å²) in [6.07, 6.45) is 0. The molecule has 0 aliphatic heterocycles. The van der Waals surface area contributed by atoms with Gasteiger partial charge in [-0.3, -0.25) is 0 Å². The molecule has 1 aromatic carbocycles. The van der Waals surface area contributed by atoms with E-state index in [1.807, 2.05) is 0 Å². The average Bonchev–Trinajstić information content (AvgIpc) is 2.14. The van der Waals surface area contributed by atoms with Gasteiger partial charge in [0.25, 0.3) is 0 Å². The van der Waals surface area contributed by atoms with Crippen LogP contribution in [0.25, 0.3) is 0 Å². The lowest BCUT2D eigenvalue weighted by Crippen LogP contribution is -2.12. The fourth-order valence-corrected chi connectivity index (χ4v) is 2.11. The molecule has 0 aliphatic rings. The Balaban J connectivity index is 2.99. The summed E-state index contributed by atoms with van der Waals surface area (Å²) in [5.74, 6) is 0.375. The van der Waals surface area contributed by atoms with Crippen LogP contribution < -0.4 is 9.88 Å². The molecule has 0 heterocycles. The van der Waals surface area contributed by atoms with Crippen molar-refractivity contribution in [1.82, 2.24) is 0 Å². The Hall–Kier alpha value is -0.660. The van der Waals surface area contributed by atoms with E-state index in [1.165, 1.54) is 18.2 Å². The van der Waals surface area contributed by atoms with Crippen LogP contribution in [0, 0.1) is 0 Å². The lowest BCUT2D eigenvalue weighted by Gasteiger charge is -2.07. The van der Waals surface area contributed by atoms with E-state index in [4.69, 9.17) is 9.88 Å². The highest BCUT2D eigenvalue weighted by Crippen LogP contribution is 2.27. The highest BCUT2D eigenvalue weighted by molar-refractivity contribution is 9.10. The van der Waals surface area contributed by atoms with Crippen LogP contribution in [-0.4, -0.2) is 21.7 Å². The summed E-state index contributed by atoms with van der Waals surface area (Å²) < 4.78 is 39.2. The van der Waals surface area contributed by atoms with Crippen LogP contribution in [0.15, 0.2) is 27.6 Å². The molecule has 1 aromatic rings. The topological polar surface area (TPSA) is 69.4 Å². The van der Waals surface area contributed by atoms with E-state index in [0.717, 1.165) is 0 Å². The van der Waals surface area contributed by atoms with Crippen LogP contribution >= 0.6 is 15.9 Å². The molecule has 0 spiro atoms. The Morgan fingerprint density at radius 2 is 2.13 bits per heavy atom. The number of primary sulfonamides is 1. The molecule has 0 unspecified atom stereocenters. The third-order valence-corrected chi connectivity index (χ3v) is 3.10. The van der Waals surface area contributed by atoms with Gasteiger partial charge in [-0.25, -0.2) is 17.9 Å². The lowest BCUT2D eigenvalue weighted by atomic mass is 10.3. The molecular formula is C8H9BrFNO3S. The zero-order valence-electron chi connectivity index (χ0n) is 7.61. The van der Waals surface area contributed by atoms with Crippen molar-refractivity contribution in [2.24, 2.45) is 5.14 Å². The van der Waals surface area contributed by atoms with E-state index in [0.29, 0.717) is 10.2 Å². The highest BCUT2D eigenvalue weighted by Gasteiger charge is 2.10. The maximum absolute atomic E-state index is 11.8. The van der Waals surface area contributed by atoms with Crippen molar-refractivity contribution >= 4 is 26.0 Å². The minimum absolute atomic E-state index is 0.0260. The zero-order valence-corrected chi connectivity index (χ0v) is 10.0. The van der Waals surface area contributed by atoms with E-state index in [1.54, 1.807) is 0 Å². The molecule has 0 amide bonds. The number of sulfonamides is 1. The lowest BCUT2D eigenvalue weighted by molar-refractivity contribution is 0.271. The predicted octanol–water partition coefficient (Wildman–Crippen LogP) is 1.44. The normalized spacial score (nSPS) is 11.4. The van der Waals surface area contributed by atoms with Crippen LogP contribution in [0.3, 0.4) is 0 Å². The van der Waals surface area contributed by atoms with Crippen LogP contribution in [-0.2, 0) is 10.0 Å². The van der Waals surface area contributed by atoms with E-state index >= 15 is 0 Å². The van der Waals surface area contributed by atoms with Gasteiger partial charge >= 0.3 is 0 Å². The molecule has 0 radical (unpaired) electrons. The first-order valence-corrected chi connectivity index (χ1v) is 6.30. The van der Waals surface area contributed by atoms with E-state index < -0.39 is 16.7 Å². The van der Waals surface area contributed by atoms with Crippen molar-refractivity contribution in [3.63, 3.8) is 0 Å². The first-order chi connectivity index (χ1) is 6.95. The first-order valence-electron chi connectivity index (χ1n) is 3.96. The summed E-state index contributed by atoms with van der Waals surface area (Å²) in [5, 5.41) is 4.93. The van der Waals surface area contributed by atoms with Gasteiger partial charge in [0.2, 0.25) is 10.0 Å². The van der Waals surface area contributed by atoms with Crippen molar-refractivity contribution in [3.8, 4) is 5.75 Å². The van der Waals surface area contributed by atoms with Gasteiger partial charge in [-0.2, -0.15) is 0 Å². The number of benzene rings is 1. The van der Waals surface area contributed by atoms with Gasteiger partial charge in [0, 0.05) is 0 Å². The van der Waals surface area contributed by atoms with E-state index in [-0.39, 0.29) is 11.5 Å². The van der Waals surface area contributed by atoms with Crippen molar-refractivity contribution < 1.29 is 17.5 Å². The summed E-state index contributed by atoms with van der Waals surface area (Å²) in [6.45, 7) is -0.684. The Morgan fingerprint density at radius 1 is 1.47 bits per heavy atom. The summed E-state index contributed by atoms with van der Waals surface area (Å²) in [4.78, 5) is -0.0260. The maximum atomic E-state index is 11.8. The van der Waals surface area contributed by atoms with E-state index in [2.05, 4.69) is 15.9 Å². The molecule has 0 fully saturated rings. The highest BCUT2D eigenvalue weighted by atomic mass is 79.9. The quantitative estimate of drug-likeness (QED) is 0.914. The Kier molecular flexibility index (Phi) is 4.06. The molecule has 0 saturated carbocycles. The molecule has 0 bridgehead atoms. The second kappa shape index (κ2) is 4.91. The second-order valence-corrected chi connectivity index (χ2v) is 5.09. The summed E-state index contributed by atoms with van der Waals surface area (Å²) in [6, 6.07) is 4.02. The number of rotatable bonds is 4. The molecule has 0 aliphatic carbocycles.